The van der Waals surface area contributed by atoms with Gasteiger partial charge in [0.1, 0.15) is 0 Å². The first-order valence-electron chi connectivity index (χ1n) is 8.44. The zero-order chi connectivity index (χ0) is 15.6. The Morgan fingerprint density at radius 2 is 2.04 bits per heavy atom. The molecule has 0 spiro atoms. The van der Waals surface area contributed by atoms with Gasteiger partial charge in [-0.1, -0.05) is 42.0 Å². The Kier molecular flexibility index (Phi) is 3.88. The van der Waals surface area contributed by atoms with E-state index in [0.717, 1.165) is 38.2 Å². The van der Waals surface area contributed by atoms with Crippen LogP contribution < -0.4 is 10.6 Å². The third kappa shape index (κ3) is 2.77. The van der Waals surface area contributed by atoms with Crippen molar-refractivity contribution in [2.75, 3.05) is 13.2 Å². The molecule has 1 aliphatic heterocycles. The normalized spacial score (nSPS) is 24.7. The number of ether oxygens (including phenoxy) is 1. The first-order chi connectivity index (χ1) is 11.3. The van der Waals surface area contributed by atoms with Crippen molar-refractivity contribution >= 4 is 12.2 Å². The topological polar surface area (TPSA) is 27.1 Å². The number of aryl methyl sites for hydroxylation is 1. The summed E-state index contributed by atoms with van der Waals surface area (Å²) in [4.78, 5) is 0. The van der Waals surface area contributed by atoms with Gasteiger partial charge in [-0.25, -0.2) is 4.68 Å². The van der Waals surface area contributed by atoms with Crippen LogP contribution in [0.4, 0.5) is 0 Å². The van der Waals surface area contributed by atoms with Gasteiger partial charge in [-0.3, -0.25) is 0 Å². The SMILES string of the molecule is Cc1ccc(-n2nc(C3CCOC3)c3/c2=C\CC\C=C\C=3)cc1. The Labute approximate surface area is 136 Å². The van der Waals surface area contributed by atoms with Gasteiger partial charge in [-0.2, -0.15) is 5.10 Å². The van der Waals surface area contributed by atoms with Crippen LogP contribution in [0, 0.1) is 6.92 Å². The zero-order valence-corrected chi connectivity index (χ0v) is 13.5. The van der Waals surface area contributed by atoms with E-state index in [0.29, 0.717) is 5.92 Å². The van der Waals surface area contributed by atoms with E-state index in [-0.39, 0.29) is 0 Å². The quantitative estimate of drug-likeness (QED) is 0.853. The summed E-state index contributed by atoms with van der Waals surface area (Å²) in [6.45, 7) is 3.74. The molecule has 1 saturated heterocycles. The van der Waals surface area contributed by atoms with Gasteiger partial charge in [-0.05, 0) is 38.3 Å². The maximum atomic E-state index is 5.60. The molecule has 1 unspecified atom stereocenters. The summed E-state index contributed by atoms with van der Waals surface area (Å²) in [7, 11) is 0. The average molecular weight is 306 g/mol. The molecule has 3 nitrogen and oxygen atoms in total. The second-order valence-corrected chi connectivity index (χ2v) is 6.37. The lowest BCUT2D eigenvalue weighted by Gasteiger charge is -2.04. The van der Waals surface area contributed by atoms with E-state index in [1.807, 2.05) is 0 Å². The third-order valence-electron chi connectivity index (χ3n) is 4.65. The van der Waals surface area contributed by atoms with Crippen molar-refractivity contribution in [3.05, 3.63) is 58.2 Å². The molecule has 2 heterocycles. The largest absolute Gasteiger partial charge is 0.381 e. The van der Waals surface area contributed by atoms with Crippen LogP contribution in [0.1, 0.15) is 36.4 Å². The number of allylic oxidation sites excluding steroid dienone is 2. The van der Waals surface area contributed by atoms with Gasteiger partial charge in [0.05, 0.1) is 23.3 Å². The number of aromatic nitrogens is 2. The molecule has 1 aliphatic carbocycles. The fraction of sp³-hybridized carbons (Fsp3) is 0.350. The maximum Gasteiger partial charge on any atom is 0.0762 e. The summed E-state index contributed by atoms with van der Waals surface area (Å²) in [6, 6.07) is 8.60. The number of fused-ring (bicyclic) bond motifs is 1. The average Bonchev–Trinajstić information content (AvgIpc) is 3.16. The first kappa shape index (κ1) is 14.5. The van der Waals surface area contributed by atoms with Crippen molar-refractivity contribution in [3.8, 4) is 5.69 Å². The molecule has 0 radical (unpaired) electrons. The van der Waals surface area contributed by atoms with E-state index < -0.39 is 0 Å². The van der Waals surface area contributed by atoms with Crippen LogP contribution in [0.15, 0.2) is 36.4 Å². The third-order valence-corrected chi connectivity index (χ3v) is 4.65. The van der Waals surface area contributed by atoms with E-state index in [4.69, 9.17) is 9.84 Å². The summed E-state index contributed by atoms with van der Waals surface area (Å²) < 4.78 is 7.71. The molecule has 118 valence electrons. The minimum Gasteiger partial charge on any atom is -0.381 e. The monoisotopic (exact) mass is 306 g/mol. The summed E-state index contributed by atoms with van der Waals surface area (Å²) >= 11 is 0. The molecule has 0 bridgehead atoms. The molecule has 1 aromatic carbocycles. The van der Waals surface area contributed by atoms with Gasteiger partial charge >= 0.3 is 0 Å². The molecule has 3 heteroatoms. The fourth-order valence-electron chi connectivity index (χ4n) is 3.34. The van der Waals surface area contributed by atoms with Crippen LogP contribution in [0.3, 0.4) is 0 Å². The highest BCUT2D eigenvalue weighted by Crippen LogP contribution is 2.21. The molecule has 0 saturated carbocycles. The lowest BCUT2D eigenvalue weighted by atomic mass is 10.0. The highest BCUT2D eigenvalue weighted by Gasteiger charge is 2.23. The number of nitrogens with zero attached hydrogens (tertiary/aromatic N) is 2. The Bertz CT molecular complexity index is 837. The smallest absolute Gasteiger partial charge is 0.0762 e. The molecule has 1 atom stereocenters. The predicted molar refractivity (Wildman–Crippen MR) is 93.0 cm³/mol. The van der Waals surface area contributed by atoms with Crippen LogP contribution in [-0.2, 0) is 4.74 Å². The van der Waals surface area contributed by atoms with Crippen molar-refractivity contribution in [2.45, 2.75) is 32.1 Å². The van der Waals surface area contributed by atoms with Gasteiger partial charge in [0.15, 0.2) is 0 Å². The Hall–Kier alpha value is -2.13. The second kappa shape index (κ2) is 6.17. The lowest BCUT2D eigenvalue weighted by Crippen LogP contribution is -2.30. The van der Waals surface area contributed by atoms with E-state index in [9.17, 15) is 0 Å². The van der Waals surface area contributed by atoms with E-state index in [1.165, 1.54) is 21.8 Å². The second-order valence-electron chi connectivity index (χ2n) is 6.37. The molecular weight excluding hydrogens is 284 g/mol. The minimum atomic E-state index is 0.410. The molecule has 2 aliphatic rings. The first-order valence-corrected chi connectivity index (χ1v) is 8.44. The molecule has 4 rings (SSSR count). The molecule has 1 aromatic heterocycles. The fourth-order valence-corrected chi connectivity index (χ4v) is 3.34. The lowest BCUT2D eigenvalue weighted by molar-refractivity contribution is 0.193. The van der Waals surface area contributed by atoms with Gasteiger partial charge in [0.25, 0.3) is 0 Å². The molecule has 23 heavy (non-hydrogen) atoms. The summed E-state index contributed by atoms with van der Waals surface area (Å²) in [5.41, 5.74) is 3.58. The molecule has 2 aromatic rings. The van der Waals surface area contributed by atoms with Crippen molar-refractivity contribution in [1.29, 1.82) is 0 Å². The van der Waals surface area contributed by atoms with Crippen molar-refractivity contribution < 1.29 is 4.74 Å². The number of hydrogen-bond acceptors (Lipinski definition) is 2. The van der Waals surface area contributed by atoms with Crippen molar-refractivity contribution in [1.82, 2.24) is 9.78 Å². The zero-order valence-electron chi connectivity index (χ0n) is 13.5. The van der Waals surface area contributed by atoms with E-state index in [1.54, 1.807) is 0 Å². The molecule has 0 amide bonds. The van der Waals surface area contributed by atoms with E-state index >= 15 is 0 Å². The Morgan fingerprint density at radius 1 is 1.17 bits per heavy atom. The number of rotatable bonds is 2. The van der Waals surface area contributed by atoms with Gasteiger partial charge in [-0.15, -0.1) is 0 Å². The molecule has 0 N–H and O–H groups in total. The van der Waals surface area contributed by atoms with Crippen molar-refractivity contribution in [3.63, 3.8) is 0 Å². The summed E-state index contributed by atoms with van der Waals surface area (Å²) in [6.07, 6.45) is 12.1. The van der Waals surface area contributed by atoms with E-state index in [2.05, 4.69) is 60.2 Å². The van der Waals surface area contributed by atoms with Gasteiger partial charge < -0.3 is 4.74 Å². The molecule has 1 fully saturated rings. The molecular formula is C20H22N2O. The highest BCUT2D eigenvalue weighted by molar-refractivity contribution is 5.45. The standard InChI is InChI=1S/C20H22N2O/c1-15-8-10-17(11-9-15)22-19-7-5-3-2-4-6-18(19)20(21-22)16-12-13-23-14-16/h2,4,6-11,16H,3,5,12-14H2,1H3/b4-2+,18-6+,19-7+. The van der Waals surface area contributed by atoms with Crippen molar-refractivity contribution in [2.24, 2.45) is 0 Å². The predicted octanol–water partition coefficient (Wildman–Crippen LogP) is 2.60. The minimum absolute atomic E-state index is 0.410. The van der Waals surface area contributed by atoms with Crippen LogP contribution in [0.25, 0.3) is 17.8 Å². The van der Waals surface area contributed by atoms with Gasteiger partial charge in [0.2, 0.25) is 0 Å². The summed E-state index contributed by atoms with van der Waals surface area (Å²) in [5, 5.41) is 7.48. The number of hydrogen-bond donors (Lipinski definition) is 0. The Morgan fingerprint density at radius 3 is 2.83 bits per heavy atom. The van der Waals surface area contributed by atoms with Gasteiger partial charge in [0, 0.05) is 17.7 Å². The highest BCUT2D eigenvalue weighted by atomic mass is 16.5. The Balaban J connectivity index is 1.94. The number of benzene rings is 1. The summed E-state index contributed by atoms with van der Waals surface area (Å²) in [5.74, 6) is 0.410. The maximum absolute atomic E-state index is 5.60. The van der Waals surface area contributed by atoms with Crippen LogP contribution in [-0.4, -0.2) is 23.0 Å². The van der Waals surface area contributed by atoms with Crippen LogP contribution in [0.5, 0.6) is 0 Å². The van der Waals surface area contributed by atoms with Crippen LogP contribution in [0.2, 0.25) is 0 Å². The van der Waals surface area contributed by atoms with Crippen LogP contribution >= 0.6 is 0 Å².